The molecule has 166 valence electrons. The van der Waals surface area contributed by atoms with Gasteiger partial charge in [-0.2, -0.15) is 0 Å². The Bertz CT molecular complexity index is 808. The van der Waals surface area contributed by atoms with Gasteiger partial charge >= 0.3 is 0 Å². The summed E-state index contributed by atoms with van der Waals surface area (Å²) >= 11 is 0. The number of aromatic hydroxyl groups is 2. The minimum Gasteiger partial charge on any atom is -0.508 e. The van der Waals surface area contributed by atoms with E-state index >= 15 is 0 Å². The zero-order chi connectivity index (χ0) is 22.3. The number of hydrogen-bond donors (Lipinski definition) is 2. The van der Waals surface area contributed by atoms with Crippen molar-refractivity contribution in [1.82, 2.24) is 0 Å². The molecule has 1 aromatic rings. The van der Waals surface area contributed by atoms with Crippen molar-refractivity contribution < 1.29 is 24.9 Å². The molecule has 2 N–H and O–H groups in total. The molecule has 2 bridgehead atoms. The molecule has 0 radical (unpaired) electrons. The van der Waals surface area contributed by atoms with E-state index in [1.54, 1.807) is 12.1 Å². The van der Waals surface area contributed by atoms with E-state index in [0.29, 0.717) is 18.4 Å². The molecule has 0 aromatic heterocycles. The predicted molar refractivity (Wildman–Crippen MR) is 112 cm³/mol. The maximum Gasteiger partial charge on any atom is 0.294 e. The third kappa shape index (κ3) is 4.12. The lowest BCUT2D eigenvalue weighted by atomic mass is 9.44. The van der Waals surface area contributed by atoms with E-state index in [1.807, 2.05) is 0 Å². The number of nitrogens with zero attached hydrogens (tertiary/aromatic N) is 1. The van der Waals surface area contributed by atoms with Gasteiger partial charge < -0.3 is 15.1 Å². The van der Waals surface area contributed by atoms with Crippen molar-refractivity contribution in [3.8, 4) is 11.5 Å². The third-order valence-corrected chi connectivity index (χ3v) is 7.57. The average molecular weight is 420 g/mol. The summed E-state index contributed by atoms with van der Waals surface area (Å²) in [7, 11) is 0. The number of hydrogen-bond acceptors (Lipinski definition) is 6. The van der Waals surface area contributed by atoms with Crippen molar-refractivity contribution in [2.75, 3.05) is 6.61 Å². The standard InChI is InChI=1S/C23H33NO6/c1-22(2,8-6-5-7-9-30-24(28)29)14-10-19(26)21(20(27)11-14)15-12-18(25)17-13-16(15)23(17,3)4/h10-11,15-17,26-27H,5-9,12-13H2,1-4H3/t15-,16-,17+/m1/s1. The normalized spacial score (nSPS) is 24.9. The number of phenols is 2. The Balaban J connectivity index is 1.70. The van der Waals surface area contributed by atoms with E-state index in [1.165, 1.54) is 0 Å². The Morgan fingerprint density at radius 1 is 1.20 bits per heavy atom. The second kappa shape index (κ2) is 8.08. The van der Waals surface area contributed by atoms with Crippen LogP contribution in [0.2, 0.25) is 0 Å². The quantitative estimate of drug-likeness (QED) is 0.336. The van der Waals surface area contributed by atoms with Crippen molar-refractivity contribution >= 4 is 5.78 Å². The summed E-state index contributed by atoms with van der Waals surface area (Å²) < 4.78 is 0. The molecule has 3 saturated carbocycles. The Morgan fingerprint density at radius 2 is 1.83 bits per heavy atom. The summed E-state index contributed by atoms with van der Waals surface area (Å²) in [5, 5.41) is 31.0. The van der Waals surface area contributed by atoms with Crippen molar-refractivity contribution in [2.45, 2.75) is 77.6 Å². The molecule has 0 amide bonds. The van der Waals surface area contributed by atoms with Gasteiger partial charge in [-0.1, -0.05) is 40.5 Å². The van der Waals surface area contributed by atoms with Gasteiger partial charge in [0.1, 0.15) is 17.3 Å². The molecule has 0 aliphatic heterocycles. The molecular formula is C23H33NO6. The number of ketones is 1. The minimum atomic E-state index is -0.776. The number of carbonyl (C=O) groups is 1. The Kier molecular flexibility index (Phi) is 6.03. The van der Waals surface area contributed by atoms with Crippen LogP contribution in [0.25, 0.3) is 0 Å². The topological polar surface area (TPSA) is 110 Å². The molecule has 1 aromatic carbocycles. The van der Waals surface area contributed by atoms with Crippen LogP contribution in [0.1, 0.15) is 83.3 Å². The molecule has 0 heterocycles. The number of benzene rings is 1. The number of fused-ring (bicyclic) bond motifs is 2. The number of phenolic OH excluding ortho intramolecular Hbond substituents is 2. The number of carbonyl (C=O) groups excluding carboxylic acids is 1. The lowest BCUT2D eigenvalue weighted by Gasteiger charge is -2.59. The van der Waals surface area contributed by atoms with Crippen LogP contribution in [0.4, 0.5) is 0 Å². The van der Waals surface area contributed by atoms with E-state index in [-0.39, 0.29) is 52.5 Å². The first-order valence-corrected chi connectivity index (χ1v) is 10.8. The summed E-state index contributed by atoms with van der Waals surface area (Å²) in [6.07, 6.45) is 4.29. The van der Waals surface area contributed by atoms with Crippen LogP contribution >= 0.6 is 0 Å². The Labute approximate surface area is 177 Å². The van der Waals surface area contributed by atoms with Crippen LogP contribution in [0, 0.1) is 27.4 Å². The van der Waals surface area contributed by atoms with Gasteiger partial charge in [0.15, 0.2) is 0 Å². The lowest BCUT2D eigenvalue weighted by molar-refractivity contribution is -0.757. The Morgan fingerprint density at radius 3 is 2.37 bits per heavy atom. The van der Waals surface area contributed by atoms with Gasteiger partial charge in [-0.3, -0.25) is 4.79 Å². The lowest BCUT2D eigenvalue weighted by Crippen LogP contribution is -2.56. The number of unbranched alkanes of at least 4 members (excludes halogenated alkanes) is 2. The monoisotopic (exact) mass is 419 g/mol. The fourth-order valence-corrected chi connectivity index (χ4v) is 5.52. The van der Waals surface area contributed by atoms with Gasteiger partial charge in [-0.05, 0) is 53.7 Å². The summed E-state index contributed by atoms with van der Waals surface area (Å²) in [4.78, 5) is 27.0. The fourth-order valence-electron chi connectivity index (χ4n) is 5.52. The van der Waals surface area contributed by atoms with Gasteiger partial charge in [-0.15, -0.1) is 10.1 Å². The van der Waals surface area contributed by atoms with Gasteiger partial charge in [0.2, 0.25) is 0 Å². The highest BCUT2D eigenvalue weighted by Gasteiger charge is 2.59. The molecule has 0 spiro atoms. The predicted octanol–water partition coefficient (Wildman–Crippen LogP) is 4.86. The van der Waals surface area contributed by atoms with Crippen molar-refractivity contribution in [1.29, 1.82) is 0 Å². The molecule has 0 saturated heterocycles. The summed E-state index contributed by atoms with van der Waals surface area (Å²) in [6, 6.07) is 3.46. The minimum absolute atomic E-state index is 0.0661. The van der Waals surface area contributed by atoms with Gasteiger partial charge in [0.05, 0.1) is 6.61 Å². The zero-order valence-corrected chi connectivity index (χ0v) is 18.3. The molecule has 0 unspecified atom stereocenters. The van der Waals surface area contributed by atoms with E-state index in [4.69, 9.17) is 0 Å². The molecular weight excluding hydrogens is 386 g/mol. The number of Topliss-reactive ketones (excluding diaryl/α,β-unsaturated/α-hetero) is 1. The van der Waals surface area contributed by atoms with Crippen LogP contribution < -0.4 is 0 Å². The van der Waals surface area contributed by atoms with Crippen LogP contribution in [-0.4, -0.2) is 27.7 Å². The maximum atomic E-state index is 12.5. The van der Waals surface area contributed by atoms with E-state index in [9.17, 15) is 25.1 Å². The highest BCUT2D eigenvalue weighted by atomic mass is 16.9. The molecule has 7 nitrogen and oxygen atoms in total. The first kappa shape index (κ1) is 22.4. The van der Waals surface area contributed by atoms with Crippen molar-refractivity contribution in [3.63, 3.8) is 0 Å². The van der Waals surface area contributed by atoms with Crippen LogP contribution in [0.15, 0.2) is 12.1 Å². The highest BCUT2D eigenvalue weighted by molar-refractivity contribution is 5.86. The molecule has 3 fully saturated rings. The van der Waals surface area contributed by atoms with Gasteiger partial charge in [0.25, 0.3) is 5.09 Å². The Hall–Kier alpha value is -2.31. The van der Waals surface area contributed by atoms with Gasteiger partial charge in [0, 0.05) is 23.8 Å². The maximum absolute atomic E-state index is 12.5. The van der Waals surface area contributed by atoms with E-state index in [0.717, 1.165) is 31.2 Å². The summed E-state index contributed by atoms with van der Waals surface area (Å²) in [5.41, 5.74) is 0.989. The molecule has 4 rings (SSSR count). The average Bonchev–Trinajstić information content (AvgIpc) is 2.62. The molecule has 30 heavy (non-hydrogen) atoms. The van der Waals surface area contributed by atoms with Crippen molar-refractivity contribution in [3.05, 3.63) is 33.4 Å². The first-order chi connectivity index (χ1) is 13.9. The zero-order valence-electron chi connectivity index (χ0n) is 18.3. The second-order valence-corrected chi connectivity index (χ2v) is 10.2. The van der Waals surface area contributed by atoms with Crippen LogP contribution in [-0.2, 0) is 15.0 Å². The van der Waals surface area contributed by atoms with Crippen molar-refractivity contribution in [2.24, 2.45) is 17.3 Å². The molecule has 7 heteroatoms. The van der Waals surface area contributed by atoms with E-state index in [2.05, 4.69) is 32.5 Å². The first-order valence-electron chi connectivity index (χ1n) is 10.8. The molecule has 3 aliphatic carbocycles. The SMILES string of the molecule is CC(C)(CCCCCO[N+](=O)[O-])c1cc(O)c([C@@H]2CC(=O)[C@@H]3C[C@H]2C3(C)C)c(O)c1. The smallest absolute Gasteiger partial charge is 0.294 e. The molecule has 3 atom stereocenters. The fraction of sp³-hybridized carbons (Fsp3) is 0.696. The largest absolute Gasteiger partial charge is 0.508 e. The highest BCUT2D eigenvalue weighted by Crippen LogP contribution is 2.64. The second-order valence-electron chi connectivity index (χ2n) is 10.2. The number of rotatable bonds is 9. The van der Waals surface area contributed by atoms with Gasteiger partial charge in [-0.25, -0.2) is 0 Å². The van der Waals surface area contributed by atoms with E-state index < -0.39 is 5.09 Å². The summed E-state index contributed by atoms with van der Waals surface area (Å²) in [6.45, 7) is 8.43. The van der Waals surface area contributed by atoms with Crippen LogP contribution in [0.5, 0.6) is 11.5 Å². The molecule has 3 aliphatic rings. The summed E-state index contributed by atoms with van der Waals surface area (Å²) in [5.74, 6) is 0.620. The third-order valence-electron chi connectivity index (χ3n) is 7.57. The van der Waals surface area contributed by atoms with Crippen LogP contribution in [0.3, 0.4) is 0 Å².